The van der Waals surface area contributed by atoms with E-state index in [1.54, 1.807) is 12.4 Å². The summed E-state index contributed by atoms with van der Waals surface area (Å²) in [6.45, 7) is 4.38. The van der Waals surface area contributed by atoms with Crippen LogP contribution in [0.15, 0.2) is 88.2 Å². The quantitative estimate of drug-likeness (QED) is 0.231. The third-order valence-electron chi connectivity index (χ3n) is 4.67. The van der Waals surface area contributed by atoms with Crippen molar-refractivity contribution in [3.05, 3.63) is 93.8 Å². The fourth-order valence-electron chi connectivity index (χ4n) is 3.20. The van der Waals surface area contributed by atoms with Crippen LogP contribution in [0.4, 0.5) is 0 Å². The van der Waals surface area contributed by atoms with Gasteiger partial charge < -0.3 is 9.47 Å². The molecule has 0 amide bonds. The zero-order chi connectivity index (χ0) is 21.8. The van der Waals surface area contributed by atoms with E-state index in [-0.39, 0.29) is 0 Å². The SMILES string of the molecule is CC(C)c1ccc(Oc2cc(Br)ccn2)cc1-c1ccc(Oc2ccnc(Br)c2)cc1. The van der Waals surface area contributed by atoms with Crippen LogP contribution in [0, 0.1) is 0 Å². The third-order valence-corrected chi connectivity index (χ3v) is 5.59. The predicted octanol–water partition coefficient (Wildman–Crippen LogP) is 8.38. The van der Waals surface area contributed by atoms with E-state index in [4.69, 9.17) is 9.47 Å². The van der Waals surface area contributed by atoms with Gasteiger partial charge in [0.15, 0.2) is 0 Å². The zero-order valence-corrected chi connectivity index (χ0v) is 20.2. The highest BCUT2D eigenvalue weighted by Crippen LogP contribution is 2.35. The highest BCUT2D eigenvalue weighted by Gasteiger charge is 2.12. The minimum absolute atomic E-state index is 0.373. The summed E-state index contributed by atoms with van der Waals surface area (Å²) in [5, 5.41) is 0. The molecule has 2 aromatic carbocycles. The van der Waals surface area contributed by atoms with Crippen LogP contribution in [0.1, 0.15) is 25.3 Å². The molecule has 4 rings (SSSR count). The summed E-state index contributed by atoms with van der Waals surface area (Å²) in [5.41, 5.74) is 3.47. The standard InChI is InChI=1S/C25H20Br2N2O2/c1-16(2)22-8-7-20(31-25-13-18(26)9-11-29-25)14-23(22)17-3-5-19(6-4-17)30-21-10-12-28-24(27)15-21/h3-16H,1-2H3. The summed E-state index contributed by atoms with van der Waals surface area (Å²) >= 11 is 6.82. The number of nitrogens with zero attached hydrogens (tertiary/aromatic N) is 2. The zero-order valence-electron chi connectivity index (χ0n) is 17.0. The van der Waals surface area contributed by atoms with Crippen molar-refractivity contribution in [1.29, 1.82) is 0 Å². The van der Waals surface area contributed by atoms with Crippen LogP contribution in [0.2, 0.25) is 0 Å². The number of hydrogen-bond donors (Lipinski definition) is 0. The maximum absolute atomic E-state index is 5.99. The van der Waals surface area contributed by atoms with Gasteiger partial charge in [-0.05, 0) is 74.9 Å². The molecule has 6 heteroatoms. The second-order valence-electron chi connectivity index (χ2n) is 7.26. The van der Waals surface area contributed by atoms with Crippen LogP contribution in [0.25, 0.3) is 11.1 Å². The molecule has 0 aliphatic rings. The summed E-state index contributed by atoms with van der Waals surface area (Å²) in [6.07, 6.45) is 3.41. The Morgan fingerprint density at radius 1 is 0.710 bits per heavy atom. The van der Waals surface area contributed by atoms with Gasteiger partial charge in [0.2, 0.25) is 5.88 Å². The van der Waals surface area contributed by atoms with Crippen molar-refractivity contribution in [1.82, 2.24) is 9.97 Å². The predicted molar refractivity (Wildman–Crippen MR) is 130 cm³/mol. The molecule has 4 nitrogen and oxygen atoms in total. The van der Waals surface area contributed by atoms with Crippen LogP contribution < -0.4 is 9.47 Å². The van der Waals surface area contributed by atoms with Crippen molar-refractivity contribution >= 4 is 31.9 Å². The number of rotatable bonds is 6. The Morgan fingerprint density at radius 3 is 2.13 bits per heavy atom. The Kier molecular flexibility index (Phi) is 6.68. The van der Waals surface area contributed by atoms with Crippen LogP contribution >= 0.6 is 31.9 Å². The summed E-state index contributed by atoms with van der Waals surface area (Å²) in [4.78, 5) is 8.40. The first-order valence-corrected chi connectivity index (χ1v) is 11.4. The van der Waals surface area contributed by atoms with E-state index in [1.807, 2.05) is 42.5 Å². The molecule has 0 atom stereocenters. The molecule has 0 bridgehead atoms. The molecule has 0 spiro atoms. The first kappa shape index (κ1) is 21.5. The van der Waals surface area contributed by atoms with E-state index >= 15 is 0 Å². The molecule has 0 aliphatic carbocycles. The van der Waals surface area contributed by atoms with Crippen molar-refractivity contribution in [3.8, 4) is 34.3 Å². The van der Waals surface area contributed by atoms with E-state index < -0.39 is 0 Å². The molecular weight excluding hydrogens is 520 g/mol. The third kappa shape index (κ3) is 5.51. The van der Waals surface area contributed by atoms with Gasteiger partial charge in [0.25, 0.3) is 0 Å². The fourth-order valence-corrected chi connectivity index (χ4v) is 3.86. The minimum Gasteiger partial charge on any atom is -0.457 e. The number of pyridine rings is 2. The largest absolute Gasteiger partial charge is 0.457 e. The Balaban J connectivity index is 1.62. The summed E-state index contributed by atoms with van der Waals surface area (Å²) in [5.74, 6) is 3.16. The van der Waals surface area contributed by atoms with Gasteiger partial charge in [-0.25, -0.2) is 9.97 Å². The van der Waals surface area contributed by atoms with Gasteiger partial charge in [0, 0.05) is 29.0 Å². The number of halogens is 2. The fraction of sp³-hybridized carbons (Fsp3) is 0.120. The number of ether oxygens (including phenoxy) is 2. The molecule has 4 aromatic rings. The van der Waals surface area contributed by atoms with E-state index in [0.29, 0.717) is 11.8 Å². The van der Waals surface area contributed by atoms with E-state index in [0.717, 1.165) is 37.5 Å². The average Bonchev–Trinajstić information content (AvgIpc) is 2.74. The molecule has 2 aromatic heterocycles. The lowest BCUT2D eigenvalue weighted by molar-refractivity contribution is 0.462. The first-order chi connectivity index (χ1) is 15.0. The van der Waals surface area contributed by atoms with Crippen LogP contribution in [-0.4, -0.2) is 9.97 Å². The van der Waals surface area contributed by atoms with Crippen molar-refractivity contribution in [2.24, 2.45) is 0 Å². The van der Waals surface area contributed by atoms with Gasteiger partial charge in [-0.3, -0.25) is 0 Å². The number of aromatic nitrogens is 2. The molecule has 0 saturated carbocycles. The normalized spacial score (nSPS) is 10.9. The smallest absolute Gasteiger partial charge is 0.220 e. The average molecular weight is 540 g/mol. The molecule has 156 valence electrons. The second kappa shape index (κ2) is 9.62. The molecule has 0 aliphatic heterocycles. The lowest BCUT2D eigenvalue weighted by Gasteiger charge is -2.16. The summed E-state index contributed by atoms with van der Waals surface area (Å²) in [6, 6.07) is 21.6. The van der Waals surface area contributed by atoms with E-state index in [1.165, 1.54) is 5.56 Å². The number of hydrogen-bond acceptors (Lipinski definition) is 4. The first-order valence-electron chi connectivity index (χ1n) is 9.81. The van der Waals surface area contributed by atoms with Gasteiger partial charge in [0.05, 0.1) is 0 Å². The van der Waals surface area contributed by atoms with Gasteiger partial charge in [-0.2, -0.15) is 0 Å². The molecular formula is C25H20Br2N2O2. The molecule has 0 N–H and O–H groups in total. The molecule has 2 heterocycles. The molecule has 31 heavy (non-hydrogen) atoms. The van der Waals surface area contributed by atoms with Crippen LogP contribution in [0.3, 0.4) is 0 Å². The Morgan fingerprint density at radius 2 is 1.42 bits per heavy atom. The minimum atomic E-state index is 0.373. The highest BCUT2D eigenvalue weighted by atomic mass is 79.9. The second-order valence-corrected chi connectivity index (χ2v) is 8.99. The lowest BCUT2D eigenvalue weighted by Crippen LogP contribution is -1.95. The monoisotopic (exact) mass is 538 g/mol. The molecule has 0 unspecified atom stereocenters. The number of benzene rings is 2. The van der Waals surface area contributed by atoms with Gasteiger partial charge >= 0.3 is 0 Å². The maximum atomic E-state index is 5.99. The van der Waals surface area contributed by atoms with Crippen molar-refractivity contribution in [2.45, 2.75) is 19.8 Å². The Labute approximate surface area is 198 Å². The van der Waals surface area contributed by atoms with Gasteiger partial charge in [0.1, 0.15) is 21.9 Å². The molecule has 0 radical (unpaired) electrons. The Bertz CT molecular complexity index is 1190. The Hall–Kier alpha value is -2.70. The van der Waals surface area contributed by atoms with E-state index in [2.05, 4.69) is 79.9 Å². The van der Waals surface area contributed by atoms with Gasteiger partial charge in [-0.1, -0.05) is 48.0 Å². The maximum Gasteiger partial charge on any atom is 0.220 e. The van der Waals surface area contributed by atoms with Crippen LogP contribution in [0.5, 0.6) is 23.1 Å². The van der Waals surface area contributed by atoms with Crippen LogP contribution in [-0.2, 0) is 0 Å². The van der Waals surface area contributed by atoms with Gasteiger partial charge in [-0.15, -0.1) is 0 Å². The van der Waals surface area contributed by atoms with Crippen molar-refractivity contribution < 1.29 is 9.47 Å². The van der Waals surface area contributed by atoms with Crippen molar-refractivity contribution in [3.63, 3.8) is 0 Å². The summed E-state index contributed by atoms with van der Waals surface area (Å²) < 4.78 is 13.6. The highest BCUT2D eigenvalue weighted by molar-refractivity contribution is 9.10. The summed E-state index contributed by atoms with van der Waals surface area (Å²) in [7, 11) is 0. The molecule has 0 saturated heterocycles. The van der Waals surface area contributed by atoms with E-state index in [9.17, 15) is 0 Å². The molecule has 0 fully saturated rings. The topological polar surface area (TPSA) is 44.2 Å². The van der Waals surface area contributed by atoms with Crippen molar-refractivity contribution in [2.75, 3.05) is 0 Å². The lowest BCUT2D eigenvalue weighted by atomic mass is 9.92.